The molecule has 0 aliphatic carbocycles. The van der Waals surface area contributed by atoms with Gasteiger partial charge in [0.1, 0.15) is 0 Å². The number of rotatable bonds is 3. The monoisotopic (exact) mass is 312 g/mol. The summed E-state index contributed by atoms with van der Waals surface area (Å²) in [6.45, 7) is 4.66. The Morgan fingerprint density at radius 2 is 1.84 bits per heavy atom. The van der Waals surface area contributed by atoms with Crippen LogP contribution in [-0.4, -0.2) is 29.0 Å². The van der Waals surface area contributed by atoms with E-state index in [2.05, 4.69) is 0 Å². The van der Waals surface area contributed by atoms with Gasteiger partial charge in [-0.2, -0.15) is 0 Å². The Morgan fingerprint density at radius 1 is 1.16 bits per heavy atom. The summed E-state index contributed by atoms with van der Waals surface area (Å²) in [5.74, 6) is 0.0510. The third kappa shape index (κ3) is 3.26. The molecular weight excluding hydrogens is 295 g/mol. The third-order valence-corrected chi connectivity index (χ3v) is 3.70. The summed E-state index contributed by atoms with van der Waals surface area (Å²) >= 11 is 2.04. The number of carbonyl (C=O) groups is 1. The summed E-state index contributed by atoms with van der Waals surface area (Å²) in [4.78, 5) is 14.3. The zero-order valence-corrected chi connectivity index (χ0v) is 13.3. The van der Waals surface area contributed by atoms with Gasteiger partial charge in [0.25, 0.3) is 0 Å². The van der Waals surface area contributed by atoms with Crippen molar-refractivity contribution in [3.05, 3.63) is 59.7 Å². The predicted molar refractivity (Wildman–Crippen MR) is 80.4 cm³/mol. The molecular formula is C16H16GeNO. The van der Waals surface area contributed by atoms with E-state index in [1.54, 1.807) is 4.90 Å². The van der Waals surface area contributed by atoms with E-state index in [9.17, 15) is 4.79 Å². The number of amides is 1. The van der Waals surface area contributed by atoms with Gasteiger partial charge in [-0.1, -0.05) is 0 Å². The van der Waals surface area contributed by atoms with Crippen LogP contribution < -0.4 is 9.30 Å². The zero-order chi connectivity index (χ0) is 13.8. The molecule has 95 valence electrons. The van der Waals surface area contributed by atoms with Crippen LogP contribution in [0.4, 0.5) is 5.69 Å². The number of anilines is 1. The Kier molecular flexibility index (Phi) is 4.43. The van der Waals surface area contributed by atoms with E-state index in [1.807, 2.05) is 78.9 Å². The molecule has 0 heterocycles. The molecule has 0 aromatic heterocycles. The second-order valence-corrected chi connectivity index (χ2v) is 5.68. The Morgan fingerprint density at radius 3 is 2.42 bits per heavy atom. The van der Waals surface area contributed by atoms with Crippen LogP contribution in [0, 0.1) is 6.92 Å². The van der Waals surface area contributed by atoms with Crippen LogP contribution >= 0.6 is 0 Å². The summed E-state index contributed by atoms with van der Waals surface area (Å²) in [6.07, 6.45) is 0. The molecule has 2 aromatic rings. The van der Waals surface area contributed by atoms with Crippen molar-refractivity contribution in [2.45, 2.75) is 13.8 Å². The Balaban J connectivity index is 2.31. The molecule has 0 aliphatic heterocycles. The number of aryl methyl sites for hydroxylation is 1. The van der Waals surface area contributed by atoms with Gasteiger partial charge < -0.3 is 0 Å². The molecule has 0 spiro atoms. The van der Waals surface area contributed by atoms with Crippen molar-refractivity contribution in [3.63, 3.8) is 0 Å². The minimum atomic E-state index is 0.0510. The van der Waals surface area contributed by atoms with E-state index >= 15 is 0 Å². The van der Waals surface area contributed by atoms with E-state index in [1.165, 1.54) is 4.40 Å². The van der Waals surface area contributed by atoms with Gasteiger partial charge in [-0.15, -0.1) is 0 Å². The standard InChI is InChI=1S/C16H16GeNO/c1-3-18(15-9-7-14(17)8-10-15)16(19)13-6-4-5-12(2)11-13/h4-11H,3H2,1-2H3. The maximum atomic E-state index is 12.5. The average Bonchev–Trinajstić information content (AvgIpc) is 2.41. The van der Waals surface area contributed by atoms with Crippen LogP contribution in [0.25, 0.3) is 0 Å². The van der Waals surface area contributed by atoms with Crippen LogP contribution in [0.2, 0.25) is 0 Å². The maximum absolute atomic E-state index is 12.5. The van der Waals surface area contributed by atoms with Crippen LogP contribution in [0.1, 0.15) is 22.8 Å². The first kappa shape index (κ1) is 13.9. The van der Waals surface area contributed by atoms with Crippen LogP contribution in [0.15, 0.2) is 48.5 Å². The van der Waals surface area contributed by atoms with Crippen molar-refractivity contribution in [1.29, 1.82) is 0 Å². The predicted octanol–water partition coefficient (Wildman–Crippen LogP) is 2.46. The van der Waals surface area contributed by atoms with Crippen LogP contribution in [-0.2, 0) is 0 Å². The van der Waals surface area contributed by atoms with Gasteiger partial charge in [0.15, 0.2) is 0 Å². The molecule has 1 amide bonds. The van der Waals surface area contributed by atoms with Crippen molar-refractivity contribution in [3.8, 4) is 0 Å². The minimum absolute atomic E-state index is 0.0510. The number of hydrogen-bond acceptors (Lipinski definition) is 1. The number of benzene rings is 2. The van der Waals surface area contributed by atoms with Crippen molar-refractivity contribution >= 4 is 32.5 Å². The fraction of sp³-hybridized carbons (Fsp3) is 0.188. The van der Waals surface area contributed by atoms with Gasteiger partial charge in [0.2, 0.25) is 0 Å². The van der Waals surface area contributed by atoms with E-state index in [4.69, 9.17) is 0 Å². The molecule has 0 fully saturated rings. The molecule has 2 rings (SSSR count). The van der Waals surface area contributed by atoms with Crippen molar-refractivity contribution < 1.29 is 4.79 Å². The Labute approximate surface area is 122 Å². The quantitative estimate of drug-likeness (QED) is 0.798. The summed E-state index contributed by atoms with van der Waals surface area (Å²) in [5.41, 5.74) is 2.79. The van der Waals surface area contributed by atoms with E-state index in [0.717, 1.165) is 16.8 Å². The number of nitrogens with zero attached hydrogens (tertiary/aromatic N) is 1. The molecule has 0 N–H and O–H groups in total. The second-order valence-electron chi connectivity index (χ2n) is 4.47. The van der Waals surface area contributed by atoms with Gasteiger partial charge >= 0.3 is 122 Å². The van der Waals surface area contributed by atoms with E-state index in [-0.39, 0.29) is 5.91 Å². The van der Waals surface area contributed by atoms with Gasteiger partial charge in [-0.3, -0.25) is 0 Å². The van der Waals surface area contributed by atoms with E-state index < -0.39 is 0 Å². The van der Waals surface area contributed by atoms with Crippen molar-refractivity contribution in [2.24, 2.45) is 0 Å². The van der Waals surface area contributed by atoms with Gasteiger partial charge in [0, 0.05) is 0 Å². The summed E-state index contributed by atoms with van der Waals surface area (Å²) in [6, 6.07) is 15.8. The summed E-state index contributed by atoms with van der Waals surface area (Å²) in [7, 11) is 0. The van der Waals surface area contributed by atoms with Crippen molar-refractivity contribution in [2.75, 3.05) is 11.4 Å². The molecule has 2 nitrogen and oxygen atoms in total. The van der Waals surface area contributed by atoms with Gasteiger partial charge in [-0.25, -0.2) is 0 Å². The fourth-order valence-electron chi connectivity index (χ4n) is 2.02. The molecule has 0 saturated heterocycles. The molecule has 0 atom stereocenters. The van der Waals surface area contributed by atoms with Gasteiger partial charge in [0.05, 0.1) is 0 Å². The van der Waals surface area contributed by atoms with Crippen molar-refractivity contribution in [1.82, 2.24) is 0 Å². The first-order valence-corrected chi connectivity index (χ1v) is 7.37. The Hall–Kier alpha value is -1.55. The summed E-state index contributed by atoms with van der Waals surface area (Å²) in [5, 5.41) is 0. The molecule has 3 heteroatoms. The second kappa shape index (κ2) is 6.06. The molecule has 0 bridgehead atoms. The normalized spacial score (nSPS) is 10.3. The SMILES string of the molecule is CCN(C(=O)c1cccc(C)c1)c1cc[c]([Ge])cc1. The van der Waals surface area contributed by atoms with Crippen LogP contribution in [0.3, 0.4) is 0 Å². The molecule has 3 radical (unpaired) electrons. The molecule has 0 unspecified atom stereocenters. The molecule has 19 heavy (non-hydrogen) atoms. The molecule has 2 aromatic carbocycles. The molecule has 0 aliphatic rings. The number of hydrogen-bond donors (Lipinski definition) is 0. The first-order valence-electron chi connectivity index (χ1n) is 6.32. The summed E-state index contributed by atoms with van der Waals surface area (Å²) < 4.78 is 1.20. The Bertz CT molecular complexity index is 578. The van der Waals surface area contributed by atoms with Gasteiger partial charge in [-0.05, 0) is 0 Å². The first-order chi connectivity index (χ1) is 9.11. The third-order valence-electron chi connectivity index (χ3n) is 3.01. The zero-order valence-electron chi connectivity index (χ0n) is 11.2. The van der Waals surface area contributed by atoms with E-state index in [0.29, 0.717) is 6.54 Å². The fourth-order valence-corrected chi connectivity index (χ4v) is 2.37. The van der Waals surface area contributed by atoms with Crippen LogP contribution in [0.5, 0.6) is 0 Å². The average molecular weight is 311 g/mol. The topological polar surface area (TPSA) is 20.3 Å². The number of carbonyl (C=O) groups excluding carboxylic acids is 1. The molecule has 0 saturated carbocycles.